The van der Waals surface area contributed by atoms with Crippen LogP contribution in [0.1, 0.15) is 30.1 Å². The molecule has 1 saturated heterocycles. The summed E-state index contributed by atoms with van der Waals surface area (Å²) >= 11 is 0. The smallest absolute Gasteiger partial charge is 0.338 e. The van der Waals surface area contributed by atoms with Gasteiger partial charge in [-0.25, -0.2) is 9.78 Å². The minimum absolute atomic E-state index is 0.272. The van der Waals surface area contributed by atoms with Crippen LogP contribution in [0.2, 0.25) is 0 Å². The molecule has 1 fully saturated rings. The van der Waals surface area contributed by atoms with Gasteiger partial charge in [0.1, 0.15) is 0 Å². The molecule has 0 radical (unpaired) electrons. The van der Waals surface area contributed by atoms with Crippen molar-refractivity contribution in [3.8, 4) is 0 Å². The molecule has 0 saturated carbocycles. The van der Waals surface area contributed by atoms with E-state index >= 15 is 0 Å². The van der Waals surface area contributed by atoms with E-state index in [9.17, 15) is 9.59 Å². The lowest BCUT2D eigenvalue weighted by atomic mass is 9.97. The lowest BCUT2D eigenvalue weighted by molar-refractivity contribution is -0.142. The van der Waals surface area contributed by atoms with Crippen LogP contribution in [0.25, 0.3) is 11.0 Å². The Morgan fingerprint density at radius 2 is 2.13 bits per heavy atom. The Kier molecular flexibility index (Phi) is 4.18. The van der Waals surface area contributed by atoms with Crippen molar-refractivity contribution in [2.24, 2.45) is 5.92 Å². The molecule has 7 nitrogen and oxygen atoms in total. The summed E-state index contributed by atoms with van der Waals surface area (Å²) in [5, 5.41) is 9.05. The Hall–Kier alpha value is -2.57. The minimum atomic E-state index is -0.728. The number of nitrogens with zero attached hydrogens (tertiary/aromatic N) is 2. The van der Waals surface area contributed by atoms with Crippen molar-refractivity contribution in [1.82, 2.24) is 9.97 Å². The molecule has 2 heterocycles. The number of hydrogen-bond donors (Lipinski definition) is 2. The van der Waals surface area contributed by atoms with Crippen molar-refractivity contribution in [2.75, 3.05) is 24.6 Å². The second-order valence-electron chi connectivity index (χ2n) is 5.61. The summed E-state index contributed by atoms with van der Waals surface area (Å²) in [7, 11) is 0. The van der Waals surface area contributed by atoms with Gasteiger partial charge in [-0.2, -0.15) is 0 Å². The zero-order valence-electron chi connectivity index (χ0n) is 12.9. The second-order valence-corrected chi connectivity index (χ2v) is 5.61. The minimum Gasteiger partial charge on any atom is -0.481 e. The van der Waals surface area contributed by atoms with Crippen LogP contribution in [0.5, 0.6) is 0 Å². The van der Waals surface area contributed by atoms with Gasteiger partial charge in [0.2, 0.25) is 5.95 Å². The predicted octanol–water partition coefficient (Wildman–Crippen LogP) is 2.04. The van der Waals surface area contributed by atoms with E-state index in [1.54, 1.807) is 25.1 Å². The number of nitrogens with one attached hydrogen (secondary N) is 1. The summed E-state index contributed by atoms with van der Waals surface area (Å²) in [6.45, 7) is 3.41. The third-order valence-electron chi connectivity index (χ3n) is 4.12. The van der Waals surface area contributed by atoms with E-state index in [4.69, 9.17) is 9.84 Å². The SMILES string of the molecule is CCOC(=O)c1ccc2nc(N3CCC(C(=O)O)CC3)[nH]c2c1. The summed E-state index contributed by atoms with van der Waals surface area (Å²) in [5.74, 6) is -0.642. The highest BCUT2D eigenvalue weighted by Crippen LogP contribution is 2.24. The van der Waals surface area contributed by atoms with Gasteiger partial charge in [0, 0.05) is 13.1 Å². The Morgan fingerprint density at radius 3 is 2.78 bits per heavy atom. The van der Waals surface area contributed by atoms with E-state index in [1.165, 1.54) is 0 Å². The molecular weight excluding hydrogens is 298 g/mol. The molecule has 2 N–H and O–H groups in total. The zero-order chi connectivity index (χ0) is 16.4. The fraction of sp³-hybridized carbons (Fsp3) is 0.438. The molecule has 0 atom stereocenters. The number of rotatable bonds is 4. The van der Waals surface area contributed by atoms with Crippen molar-refractivity contribution >= 4 is 28.9 Å². The van der Waals surface area contributed by atoms with Crippen molar-refractivity contribution in [3.05, 3.63) is 23.8 Å². The van der Waals surface area contributed by atoms with E-state index < -0.39 is 5.97 Å². The fourth-order valence-corrected chi connectivity index (χ4v) is 2.83. The number of fused-ring (bicyclic) bond motifs is 1. The lowest BCUT2D eigenvalue weighted by Gasteiger charge is -2.29. The van der Waals surface area contributed by atoms with Gasteiger partial charge in [-0.05, 0) is 38.0 Å². The fourth-order valence-electron chi connectivity index (χ4n) is 2.83. The first-order valence-electron chi connectivity index (χ1n) is 7.73. The maximum absolute atomic E-state index is 11.8. The Labute approximate surface area is 133 Å². The number of anilines is 1. The van der Waals surface area contributed by atoms with Gasteiger partial charge in [-0.3, -0.25) is 4.79 Å². The van der Waals surface area contributed by atoms with Gasteiger partial charge in [0.15, 0.2) is 0 Å². The molecule has 0 amide bonds. The largest absolute Gasteiger partial charge is 0.481 e. The number of piperidine rings is 1. The Bertz CT molecular complexity index is 732. The van der Waals surface area contributed by atoms with Crippen LogP contribution in [0.15, 0.2) is 18.2 Å². The Balaban J connectivity index is 1.78. The van der Waals surface area contributed by atoms with Crippen LogP contribution in [0.4, 0.5) is 5.95 Å². The van der Waals surface area contributed by atoms with E-state index in [0.717, 1.165) is 11.0 Å². The predicted molar refractivity (Wildman–Crippen MR) is 84.6 cm³/mol. The highest BCUT2D eigenvalue weighted by atomic mass is 16.5. The molecule has 1 aromatic heterocycles. The standard InChI is InChI=1S/C16H19N3O4/c1-2-23-15(22)11-3-4-12-13(9-11)18-16(17-12)19-7-5-10(6-8-19)14(20)21/h3-4,9-10H,2,5-8H2,1H3,(H,17,18)(H,20,21). The molecule has 122 valence electrons. The summed E-state index contributed by atoms with van der Waals surface area (Å²) < 4.78 is 4.99. The number of carbonyl (C=O) groups is 2. The van der Waals surface area contributed by atoms with Crippen molar-refractivity contribution in [1.29, 1.82) is 0 Å². The van der Waals surface area contributed by atoms with Crippen LogP contribution in [0.3, 0.4) is 0 Å². The molecular formula is C16H19N3O4. The number of H-pyrrole nitrogens is 1. The number of carboxylic acid groups (broad SMARTS) is 1. The van der Waals surface area contributed by atoms with Crippen molar-refractivity contribution < 1.29 is 19.4 Å². The summed E-state index contributed by atoms with van der Waals surface area (Å²) in [6.07, 6.45) is 1.22. The topological polar surface area (TPSA) is 95.5 Å². The Morgan fingerprint density at radius 1 is 1.39 bits per heavy atom. The maximum Gasteiger partial charge on any atom is 0.338 e. The quantitative estimate of drug-likeness (QED) is 0.838. The first kappa shape index (κ1) is 15.3. The van der Waals surface area contributed by atoms with E-state index in [-0.39, 0.29) is 11.9 Å². The average Bonchev–Trinajstić information content (AvgIpc) is 2.98. The number of carbonyl (C=O) groups excluding carboxylic acids is 1. The number of aromatic nitrogens is 2. The normalized spacial score (nSPS) is 15.8. The third kappa shape index (κ3) is 3.13. The van der Waals surface area contributed by atoms with Crippen LogP contribution < -0.4 is 4.90 Å². The zero-order valence-corrected chi connectivity index (χ0v) is 12.9. The molecule has 0 spiro atoms. The molecule has 7 heteroatoms. The van der Waals surface area contributed by atoms with Gasteiger partial charge in [-0.1, -0.05) is 0 Å². The van der Waals surface area contributed by atoms with Crippen LogP contribution in [0, 0.1) is 5.92 Å². The first-order valence-corrected chi connectivity index (χ1v) is 7.73. The molecule has 23 heavy (non-hydrogen) atoms. The van der Waals surface area contributed by atoms with Gasteiger partial charge in [0.05, 0.1) is 29.1 Å². The van der Waals surface area contributed by atoms with Crippen LogP contribution in [-0.4, -0.2) is 46.7 Å². The van der Waals surface area contributed by atoms with E-state index in [2.05, 4.69) is 9.97 Å². The molecule has 3 rings (SSSR count). The summed E-state index contributed by atoms with van der Waals surface area (Å²) in [5.41, 5.74) is 2.03. The first-order chi connectivity index (χ1) is 11.1. The van der Waals surface area contributed by atoms with Gasteiger partial charge in [0.25, 0.3) is 0 Å². The number of aliphatic carboxylic acids is 1. The molecule has 2 aromatic rings. The number of hydrogen-bond acceptors (Lipinski definition) is 5. The molecule has 0 bridgehead atoms. The number of benzene rings is 1. The number of imidazole rings is 1. The number of ether oxygens (including phenoxy) is 1. The lowest BCUT2D eigenvalue weighted by Crippen LogP contribution is -2.36. The van der Waals surface area contributed by atoms with E-state index in [0.29, 0.717) is 44.0 Å². The van der Waals surface area contributed by atoms with Crippen LogP contribution >= 0.6 is 0 Å². The number of carboxylic acids is 1. The van der Waals surface area contributed by atoms with Crippen LogP contribution in [-0.2, 0) is 9.53 Å². The second kappa shape index (κ2) is 6.28. The summed E-state index contributed by atoms with van der Waals surface area (Å²) in [6, 6.07) is 5.21. The third-order valence-corrected chi connectivity index (χ3v) is 4.12. The van der Waals surface area contributed by atoms with Gasteiger partial charge < -0.3 is 19.7 Å². The molecule has 1 aliphatic heterocycles. The average molecular weight is 317 g/mol. The molecule has 0 aliphatic carbocycles. The highest BCUT2D eigenvalue weighted by molar-refractivity contribution is 5.94. The monoisotopic (exact) mass is 317 g/mol. The molecule has 1 aliphatic rings. The van der Waals surface area contributed by atoms with Crippen molar-refractivity contribution in [2.45, 2.75) is 19.8 Å². The van der Waals surface area contributed by atoms with Crippen molar-refractivity contribution in [3.63, 3.8) is 0 Å². The van der Waals surface area contributed by atoms with Gasteiger partial charge in [-0.15, -0.1) is 0 Å². The maximum atomic E-state index is 11.8. The molecule has 1 aromatic carbocycles. The highest BCUT2D eigenvalue weighted by Gasteiger charge is 2.25. The molecule has 0 unspecified atom stereocenters. The van der Waals surface area contributed by atoms with E-state index in [1.807, 2.05) is 4.90 Å². The van der Waals surface area contributed by atoms with Gasteiger partial charge >= 0.3 is 11.9 Å². The summed E-state index contributed by atoms with van der Waals surface area (Å²) in [4.78, 5) is 32.6. The number of esters is 1. The number of aromatic amines is 1.